The number of hydrogen-bond acceptors (Lipinski definition) is 4. The van der Waals surface area contributed by atoms with Crippen molar-refractivity contribution < 1.29 is 8.42 Å². The fourth-order valence-corrected chi connectivity index (χ4v) is 4.16. The highest BCUT2D eigenvalue weighted by Gasteiger charge is 2.20. The summed E-state index contributed by atoms with van der Waals surface area (Å²) in [6.07, 6.45) is 5.16. The summed E-state index contributed by atoms with van der Waals surface area (Å²) >= 11 is 0. The van der Waals surface area contributed by atoms with Gasteiger partial charge < -0.3 is 0 Å². The third-order valence-electron chi connectivity index (χ3n) is 4.23. The van der Waals surface area contributed by atoms with Crippen LogP contribution in [0.4, 0.5) is 5.82 Å². The number of benzene rings is 2. The molecule has 6 nitrogen and oxygen atoms in total. The molecule has 0 spiro atoms. The Hall–Kier alpha value is -3.45. The van der Waals surface area contributed by atoms with Gasteiger partial charge in [-0.25, -0.2) is 8.42 Å². The standard InChI is InChI=1S/C21H18N4O2S/c26-28(27,20-9-5-4-8-19(20)18-6-2-1-3-7-18)24-21-12-15-25(23-21)16-17-10-13-22-14-11-17/h1-15H,16H2,(H,23,24). The van der Waals surface area contributed by atoms with Crippen LogP contribution in [0.5, 0.6) is 0 Å². The van der Waals surface area contributed by atoms with E-state index in [1.807, 2.05) is 48.5 Å². The first-order valence-electron chi connectivity index (χ1n) is 8.71. The molecule has 0 aliphatic heterocycles. The third-order valence-corrected chi connectivity index (χ3v) is 5.65. The van der Waals surface area contributed by atoms with Gasteiger partial charge in [0, 0.05) is 30.2 Å². The average molecular weight is 390 g/mol. The van der Waals surface area contributed by atoms with Gasteiger partial charge in [0.15, 0.2) is 5.82 Å². The van der Waals surface area contributed by atoms with Crippen molar-refractivity contribution in [2.75, 3.05) is 4.72 Å². The maximum atomic E-state index is 13.0. The number of rotatable bonds is 6. The molecule has 140 valence electrons. The topological polar surface area (TPSA) is 76.9 Å². The first-order valence-corrected chi connectivity index (χ1v) is 10.2. The van der Waals surface area contributed by atoms with E-state index in [1.165, 1.54) is 0 Å². The summed E-state index contributed by atoms with van der Waals surface area (Å²) in [5, 5.41) is 4.32. The van der Waals surface area contributed by atoms with Crippen molar-refractivity contribution >= 4 is 15.8 Å². The summed E-state index contributed by atoms with van der Waals surface area (Å²) < 4.78 is 30.2. The van der Waals surface area contributed by atoms with Gasteiger partial charge in [-0.1, -0.05) is 48.5 Å². The molecule has 0 aliphatic carbocycles. The highest BCUT2D eigenvalue weighted by Crippen LogP contribution is 2.28. The molecule has 2 aromatic heterocycles. The summed E-state index contributed by atoms with van der Waals surface area (Å²) in [4.78, 5) is 4.20. The Bertz CT molecular complexity index is 1170. The lowest BCUT2D eigenvalue weighted by Gasteiger charge is -2.11. The molecule has 0 bridgehead atoms. The summed E-state index contributed by atoms with van der Waals surface area (Å²) in [6, 6.07) is 21.8. The minimum absolute atomic E-state index is 0.213. The second kappa shape index (κ2) is 7.66. The van der Waals surface area contributed by atoms with Gasteiger partial charge in [0.2, 0.25) is 0 Å². The number of nitrogens with zero attached hydrogens (tertiary/aromatic N) is 3. The van der Waals surface area contributed by atoms with Gasteiger partial charge in [-0.3, -0.25) is 14.4 Å². The molecule has 4 aromatic rings. The van der Waals surface area contributed by atoms with Crippen LogP contribution >= 0.6 is 0 Å². The summed E-state index contributed by atoms with van der Waals surface area (Å²) in [5.74, 6) is 0.275. The van der Waals surface area contributed by atoms with E-state index >= 15 is 0 Å². The molecule has 0 radical (unpaired) electrons. The number of hydrogen-bond donors (Lipinski definition) is 1. The lowest BCUT2D eigenvalue weighted by Crippen LogP contribution is -2.15. The number of nitrogens with one attached hydrogen (secondary N) is 1. The summed E-state index contributed by atoms with van der Waals surface area (Å²) in [7, 11) is -3.79. The van der Waals surface area contributed by atoms with Gasteiger partial charge in [-0.15, -0.1) is 0 Å². The highest BCUT2D eigenvalue weighted by molar-refractivity contribution is 7.92. The van der Waals surface area contributed by atoms with Crippen molar-refractivity contribution in [2.45, 2.75) is 11.4 Å². The first-order chi connectivity index (χ1) is 13.6. The van der Waals surface area contributed by atoms with Crippen molar-refractivity contribution in [3.05, 3.63) is 97.0 Å². The van der Waals surface area contributed by atoms with Crippen LogP contribution in [0.15, 0.2) is 96.3 Å². The number of sulfonamides is 1. The first kappa shape index (κ1) is 17.9. The zero-order valence-electron chi connectivity index (χ0n) is 14.9. The third kappa shape index (κ3) is 3.94. The molecule has 0 unspecified atom stereocenters. The Morgan fingerprint density at radius 1 is 0.857 bits per heavy atom. The maximum absolute atomic E-state index is 13.0. The predicted molar refractivity (Wildman–Crippen MR) is 108 cm³/mol. The van der Waals surface area contributed by atoms with Crippen LogP contribution in [0.2, 0.25) is 0 Å². The molecule has 0 aliphatic rings. The highest BCUT2D eigenvalue weighted by atomic mass is 32.2. The van der Waals surface area contributed by atoms with Crippen LogP contribution in [0, 0.1) is 0 Å². The predicted octanol–water partition coefficient (Wildman–Crippen LogP) is 3.79. The lowest BCUT2D eigenvalue weighted by molar-refractivity contribution is 0.601. The monoisotopic (exact) mass is 390 g/mol. The fourth-order valence-electron chi connectivity index (χ4n) is 2.93. The molecule has 1 N–H and O–H groups in total. The minimum Gasteiger partial charge on any atom is -0.266 e. The van der Waals surface area contributed by atoms with Gasteiger partial charge >= 0.3 is 0 Å². The Balaban J connectivity index is 1.59. The molecule has 0 saturated heterocycles. The zero-order chi connectivity index (χ0) is 19.4. The van der Waals surface area contributed by atoms with E-state index in [0.29, 0.717) is 12.1 Å². The second-order valence-corrected chi connectivity index (χ2v) is 7.87. The van der Waals surface area contributed by atoms with E-state index in [1.54, 1.807) is 47.5 Å². The normalized spacial score (nSPS) is 11.3. The Morgan fingerprint density at radius 2 is 1.57 bits per heavy atom. The number of pyridine rings is 1. The molecule has 28 heavy (non-hydrogen) atoms. The second-order valence-electron chi connectivity index (χ2n) is 6.22. The number of aromatic nitrogens is 3. The van der Waals surface area contributed by atoms with Crippen LogP contribution < -0.4 is 4.72 Å². The van der Waals surface area contributed by atoms with Crippen LogP contribution in [-0.4, -0.2) is 23.2 Å². The minimum atomic E-state index is -3.79. The maximum Gasteiger partial charge on any atom is 0.263 e. The molecule has 2 aromatic carbocycles. The van der Waals surface area contributed by atoms with Gasteiger partial charge in [-0.2, -0.15) is 5.10 Å². The molecule has 7 heteroatoms. The Morgan fingerprint density at radius 3 is 2.36 bits per heavy atom. The van der Waals surface area contributed by atoms with Gasteiger partial charge in [0.1, 0.15) is 0 Å². The van der Waals surface area contributed by atoms with Gasteiger partial charge in [0.05, 0.1) is 11.4 Å². The van der Waals surface area contributed by atoms with Crippen molar-refractivity contribution in [3.63, 3.8) is 0 Å². The van der Waals surface area contributed by atoms with Crippen LogP contribution in [0.25, 0.3) is 11.1 Å². The average Bonchev–Trinajstić information content (AvgIpc) is 3.15. The van der Waals surface area contributed by atoms with E-state index in [9.17, 15) is 8.42 Å². The van der Waals surface area contributed by atoms with Crippen LogP contribution in [-0.2, 0) is 16.6 Å². The van der Waals surface area contributed by atoms with Crippen molar-refractivity contribution in [1.82, 2.24) is 14.8 Å². The Kier molecular flexibility index (Phi) is 4.90. The van der Waals surface area contributed by atoms with Gasteiger partial charge in [0.25, 0.3) is 10.0 Å². The van der Waals surface area contributed by atoms with E-state index in [4.69, 9.17) is 0 Å². The molecule has 4 rings (SSSR count). The molecular formula is C21H18N4O2S. The molecule has 0 amide bonds. The Labute approximate surface area is 163 Å². The smallest absolute Gasteiger partial charge is 0.263 e. The fraction of sp³-hybridized carbons (Fsp3) is 0.0476. The summed E-state index contributed by atoms with van der Waals surface area (Å²) in [5.41, 5.74) is 2.51. The summed E-state index contributed by atoms with van der Waals surface area (Å²) in [6.45, 7) is 0.533. The molecular weight excluding hydrogens is 372 g/mol. The van der Waals surface area contributed by atoms with Crippen molar-refractivity contribution in [3.8, 4) is 11.1 Å². The largest absolute Gasteiger partial charge is 0.266 e. The van der Waals surface area contributed by atoms with Crippen LogP contribution in [0.1, 0.15) is 5.56 Å². The van der Waals surface area contributed by atoms with Gasteiger partial charge in [-0.05, 0) is 29.3 Å². The van der Waals surface area contributed by atoms with Crippen LogP contribution in [0.3, 0.4) is 0 Å². The van der Waals surface area contributed by atoms with E-state index < -0.39 is 10.0 Å². The lowest BCUT2D eigenvalue weighted by atomic mass is 10.1. The van der Waals surface area contributed by atoms with E-state index in [2.05, 4.69) is 14.8 Å². The van der Waals surface area contributed by atoms with E-state index in [0.717, 1.165) is 11.1 Å². The van der Waals surface area contributed by atoms with Crippen molar-refractivity contribution in [2.24, 2.45) is 0 Å². The quantitative estimate of drug-likeness (QED) is 0.543. The van der Waals surface area contributed by atoms with Crippen molar-refractivity contribution in [1.29, 1.82) is 0 Å². The van der Waals surface area contributed by atoms with E-state index in [-0.39, 0.29) is 10.7 Å². The molecule has 0 atom stereocenters. The SMILES string of the molecule is O=S(=O)(Nc1ccn(Cc2ccncc2)n1)c1ccccc1-c1ccccc1. The molecule has 2 heterocycles. The molecule has 0 saturated carbocycles. The number of anilines is 1. The molecule has 0 fully saturated rings. The zero-order valence-corrected chi connectivity index (χ0v) is 15.8.